The zero-order chi connectivity index (χ0) is 16.2. The number of thiazole rings is 1. The summed E-state index contributed by atoms with van der Waals surface area (Å²) in [6.45, 7) is 8.74. The normalized spacial score (nSPS) is 11.5. The molecular formula is C14H21N5O2S. The molecule has 0 bridgehead atoms. The molecule has 2 heterocycles. The van der Waals surface area contributed by atoms with Gasteiger partial charge in [0.2, 0.25) is 0 Å². The molecule has 22 heavy (non-hydrogen) atoms. The molecule has 0 saturated carbocycles. The van der Waals surface area contributed by atoms with Gasteiger partial charge in [0.05, 0.1) is 11.2 Å². The van der Waals surface area contributed by atoms with Crippen LogP contribution in [0.15, 0.2) is 12.4 Å². The van der Waals surface area contributed by atoms with Crippen molar-refractivity contribution in [2.45, 2.75) is 46.4 Å². The Hall–Kier alpha value is -1.93. The lowest BCUT2D eigenvalue weighted by atomic mass is 10.2. The van der Waals surface area contributed by atoms with E-state index in [9.17, 15) is 4.79 Å². The van der Waals surface area contributed by atoms with Crippen molar-refractivity contribution >= 4 is 23.2 Å². The average molecular weight is 323 g/mol. The fourth-order valence-corrected chi connectivity index (χ4v) is 2.53. The van der Waals surface area contributed by atoms with Gasteiger partial charge in [-0.15, -0.1) is 11.3 Å². The second-order valence-electron chi connectivity index (χ2n) is 5.85. The molecule has 0 saturated heterocycles. The van der Waals surface area contributed by atoms with Crippen molar-refractivity contribution in [3.05, 3.63) is 27.8 Å². The molecule has 0 spiro atoms. The van der Waals surface area contributed by atoms with Crippen molar-refractivity contribution < 1.29 is 9.53 Å². The summed E-state index contributed by atoms with van der Waals surface area (Å²) in [5.41, 5.74) is 0.333. The summed E-state index contributed by atoms with van der Waals surface area (Å²) >= 11 is 1.66. The maximum atomic E-state index is 11.8. The maximum Gasteiger partial charge on any atom is 0.413 e. The first-order chi connectivity index (χ1) is 10.3. The van der Waals surface area contributed by atoms with E-state index in [4.69, 9.17) is 4.74 Å². The summed E-state index contributed by atoms with van der Waals surface area (Å²) in [5, 5.41) is 13.7. The zero-order valence-corrected chi connectivity index (χ0v) is 14.0. The van der Waals surface area contributed by atoms with E-state index in [2.05, 4.69) is 25.8 Å². The van der Waals surface area contributed by atoms with Crippen LogP contribution >= 0.6 is 11.3 Å². The van der Waals surface area contributed by atoms with Crippen LogP contribution in [0.4, 0.5) is 10.6 Å². The molecule has 0 unspecified atom stereocenters. The number of hydrogen-bond acceptors (Lipinski definition) is 6. The predicted octanol–water partition coefficient (Wildman–Crippen LogP) is 2.81. The Balaban J connectivity index is 1.85. The number of aromatic amines is 1. The van der Waals surface area contributed by atoms with Crippen LogP contribution in [0.25, 0.3) is 0 Å². The van der Waals surface area contributed by atoms with Gasteiger partial charge in [-0.1, -0.05) is 0 Å². The van der Waals surface area contributed by atoms with Gasteiger partial charge >= 0.3 is 6.09 Å². The second-order valence-corrected chi connectivity index (χ2v) is 7.17. The first kappa shape index (κ1) is 16.4. The standard InChI is InChI=1S/C14H21N5O2S/c1-9-16-8-11(22-9)7-15-5-10-6-17-19-12(10)18-13(20)21-14(2,3)4/h6,8,15H,5,7H2,1-4H3,(H2,17,18,19,20). The fourth-order valence-electron chi connectivity index (χ4n) is 1.77. The van der Waals surface area contributed by atoms with E-state index in [1.165, 1.54) is 4.88 Å². The lowest BCUT2D eigenvalue weighted by Crippen LogP contribution is -2.27. The highest BCUT2D eigenvalue weighted by Gasteiger charge is 2.17. The van der Waals surface area contributed by atoms with Gasteiger partial charge in [0.1, 0.15) is 11.4 Å². The quantitative estimate of drug-likeness (QED) is 0.787. The molecule has 0 radical (unpaired) electrons. The molecule has 1 amide bonds. The minimum Gasteiger partial charge on any atom is -0.444 e. The van der Waals surface area contributed by atoms with Crippen LogP contribution in [-0.4, -0.2) is 26.9 Å². The second kappa shape index (κ2) is 6.89. The SMILES string of the molecule is Cc1ncc(CNCc2cn[nH]c2NC(=O)OC(C)(C)C)s1. The number of hydrogen-bond donors (Lipinski definition) is 3. The van der Waals surface area contributed by atoms with Gasteiger partial charge < -0.3 is 10.1 Å². The number of aryl methyl sites for hydroxylation is 1. The molecule has 0 fully saturated rings. The van der Waals surface area contributed by atoms with Crippen molar-refractivity contribution in [1.29, 1.82) is 0 Å². The summed E-state index contributed by atoms with van der Waals surface area (Å²) in [5.74, 6) is 0.544. The molecule has 8 heteroatoms. The first-order valence-electron chi connectivity index (χ1n) is 6.98. The predicted molar refractivity (Wildman–Crippen MR) is 85.8 cm³/mol. The lowest BCUT2D eigenvalue weighted by Gasteiger charge is -2.19. The third-order valence-corrected chi connectivity index (χ3v) is 3.54. The molecule has 7 nitrogen and oxygen atoms in total. The Kier molecular flexibility index (Phi) is 5.15. The molecule has 2 aromatic heterocycles. The van der Waals surface area contributed by atoms with Gasteiger partial charge in [0, 0.05) is 29.7 Å². The van der Waals surface area contributed by atoms with Crippen LogP contribution in [-0.2, 0) is 17.8 Å². The highest BCUT2D eigenvalue weighted by molar-refractivity contribution is 7.11. The van der Waals surface area contributed by atoms with Gasteiger partial charge in [0.25, 0.3) is 0 Å². The van der Waals surface area contributed by atoms with E-state index in [1.54, 1.807) is 17.5 Å². The summed E-state index contributed by atoms with van der Waals surface area (Å²) in [6.07, 6.45) is 3.04. The van der Waals surface area contributed by atoms with Crippen LogP contribution in [0.1, 0.15) is 36.2 Å². The molecule has 0 aliphatic heterocycles. The van der Waals surface area contributed by atoms with Crippen molar-refractivity contribution in [2.24, 2.45) is 0 Å². The molecule has 120 valence electrons. The third kappa shape index (κ3) is 5.12. The number of aromatic nitrogens is 3. The van der Waals surface area contributed by atoms with Crippen molar-refractivity contribution in [3.63, 3.8) is 0 Å². The molecule has 0 aromatic carbocycles. The summed E-state index contributed by atoms with van der Waals surface area (Å²) in [6, 6.07) is 0. The van der Waals surface area contributed by atoms with Crippen LogP contribution in [0.2, 0.25) is 0 Å². The fraction of sp³-hybridized carbons (Fsp3) is 0.500. The van der Waals surface area contributed by atoms with Gasteiger partial charge in [-0.25, -0.2) is 9.78 Å². The first-order valence-corrected chi connectivity index (χ1v) is 7.79. The lowest BCUT2D eigenvalue weighted by molar-refractivity contribution is 0.0635. The largest absolute Gasteiger partial charge is 0.444 e. The van der Waals surface area contributed by atoms with Crippen LogP contribution in [0.3, 0.4) is 0 Å². The molecule has 0 atom stereocenters. The number of carbonyl (C=O) groups is 1. The summed E-state index contributed by atoms with van der Waals surface area (Å²) in [7, 11) is 0. The Morgan fingerprint density at radius 1 is 1.36 bits per heavy atom. The Morgan fingerprint density at radius 2 is 2.14 bits per heavy atom. The van der Waals surface area contributed by atoms with E-state index < -0.39 is 11.7 Å². The highest BCUT2D eigenvalue weighted by Crippen LogP contribution is 2.15. The summed E-state index contributed by atoms with van der Waals surface area (Å²) < 4.78 is 5.22. The van der Waals surface area contributed by atoms with E-state index in [0.29, 0.717) is 12.4 Å². The number of amides is 1. The topological polar surface area (TPSA) is 91.9 Å². The third-order valence-electron chi connectivity index (χ3n) is 2.63. The summed E-state index contributed by atoms with van der Waals surface area (Å²) in [4.78, 5) is 17.1. The Labute approximate surface area is 133 Å². The number of nitrogens with one attached hydrogen (secondary N) is 3. The van der Waals surface area contributed by atoms with E-state index in [1.807, 2.05) is 33.9 Å². The minimum absolute atomic E-state index is 0.504. The van der Waals surface area contributed by atoms with Gasteiger partial charge in [-0.3, -0.25) is 10.4 Å². The molecule has 0 aliphatic rings. The van der Waals surface area contributed by atoms with Gasteiger partial charge in [-0.2, -0.15) is 5.10 Å². The minimum atomic E-state index is -0.535. The smallest absolute Gasteiger partial charge is 0.413 e. The number of ether oxygens (including phenoxy) is 1. The monoisotopic (exact) mass is 323 g/mol. The zero-order valence-electron chi connectivity index (χ0n) is 13.2. The van der Waals surface area contributed by atoms with Crippen LogP contribution < -0.4 is 10.6 Å². The number of rotatable bonds is 5. The highest BCUT2D eigenvalue weighted by atomic mass is 32.1. The number of anilines is 1. The van der Waals surface area contributed by atoms with E-state index in [-0.39, 0.29) is 0 Å². The van der Waals surface area contributed by atoms with Crippen molar-refractivity contribution in [3.8, 4) is 0 Å². The van der Waals surface area contributed by atoms with Crippen LogP contribution in [0, 0.1) is 6.92 Å². The van der Waals surface area contributed by atoms with Gasteiger partial charge in [0.15, 0.2) is 0 Å². The molecular weight excluding hydrogens is 302 g/mol. The molecule has 0 aliphatic carbocycles. The van der Waals surface area contributed by atoms with E-state index in [0.717, 1.165) is 17.1 Å². The molecule has 2 rings (SSSR count). The number of carbonyl (C=O) groups excluding carboxylic acids is 1. The van der Waals surface area contributed by atoms with E-state index >= 15 is 0 Å². The number of nitrogens with zero attached hydrogens (tertiary/aromatic N) is 2. The van der Waals surface area contributed by atoms with Gasteiger partial charge in [-0.05, 0) is 27.7 Å². The van der Waals surface area contributed by atoms with Crippen molar-refractivity contribution in [1.82, 2.24) is 20.5 Å². The Bertz CT molecular complexity index is 629. The molecule has 2 aromatic rings. The number of H-pyrrole nitrogens is 1. The Morgan fingerprint density at radius 3 is 2.77 bits per heavy atom. The van der Waals surface area contributed by atoms with Crippen molar-refractivity contribution in [2.75, 3.05) is 5.32 Å². The average Bonchev–Trinajstić information content (AvgIpc) is 2.97. The van der Waals surface area contributed by atoms with Crippen LogP contribution in [0.5, 0.6) is 0 Å². The molecule has 3 N–H and O–H groups in total. The maximum absolute atomic E-state index is 11.8.